The number of halogens is 1. The molecule has 2 N–H and O–H groups in total. The van der Waals surface area contributed by atoms with Crippen molar-refractivity contribution in [2.75, 3.05) is 17.2 Å². The molecule has 1 heterocycles. The zero-order valence-electron chi connectivity index (χ0n) is 10.5. The van der Waals surface area contributed by atoms with Crippen LogP contribution in [0.5, 0.6) is 0 Å². The summed E-state index contributed by atoms with van der Waals surface area (Å²) in [5, 5.41) is 5.12. The van der Waals surface area contributed by atoms with Crippen molar-refractivity contribution >= 4 is 23.2 Å². The number of rotatable bonds is 3. The first-order chi connectivity index (χ1) is 9.06. The molecule has 102 valence electrons. The Morgan fingerprint density at radius 3 is 2.74 bits per heavy atom. The molecule has 1 atom stereocenters. The van der Waals surface area contributed by atoms with Crippen LogP contribution in [0.4, 0.5) is 15.8 Å². The van der Waals surface area contributed by atoms with Crippen molar-refractivity contribution in [3.8, 4) is 0 Å². The molecular formula is C13H15FN2O3. The number of benzene rings is 1. The smallest absolute Gasteiger partial charge is 0.253 e. The number of hydrogen-bond acceptors (Lipinski definition) is 3. The second kappa shape index (κ2) is 5.79. The maximum atomic E-state index is 13.2. The van der Waals surface area contributed by atoms with Crippen molar-refractivity contribution in [1.29, 1.82) is 0 Å². The number of ether oxygens (including phenoxy) is 1. The summed E-state index contributed by atoms with van der Waals surface area (Å²) in [6, 6.07) is 3.78. The molecule has 19 heavy (non-hydrogen) atoms. The van der Waals surface area contributed by atoms with Crippen LogP contribution in [0.3, 0.4) is 0 Å². The molecule has 1 aliphatic heterocycles. The molecule has 1 unspecified atom stereocenters. The molecule has 0 bridgehead atoms. The molecule has 2 amide bonds. The van der Waals surface area contributed by atoms with Gasteiger partial charge in [-0.25, -0.2) is 4.39 Å². The second-order valence-corrected chi connectivity index (χ2v) is 4.36. The standard InChI is InChI=1S/C13H15FN2O3/c1-8(17)15-10-5-4-9(14)7-11(10)16-13(18)12-3-2-6-19-12/h4-5,7,12H,2-3,6H2,1H3,(H,15,17)(H,16,18). The second-order valence-electron chi connectivity index (χ2n) is 4.36. The van der Waals surface area contributed by atoms with Gasteiger partial charge >= 0.3 is 0 Å². The van der Waals surface area contributed by atoms with Crippen molar-refractivity contribution in [2.45, 2.75) is 25.9 Å². The third-order valence-electron chi connectivity index (χ3n) is 2.77. The van der Waals surface area contributed by atoms with E-state index in [4.69, 9.17) is 4.74 Å². The number of carbonyl (C=O) groups excluding carboxylic acids is 2. The summed E-state index contributed by atoms with van der Waals surface area (Å²) < 4.78 is 18.5. The van der Waals surface area contributed by atoms with E-state index in [9.17, 15) is 14.0 Å². The van der Waals surface area contributed by atoms with Crippen LogP contribution in [-0.2, 0) is 14.3 Å². The van der Waals surface area contributed by atoms with E-state index in [0.29, 0.717) is 18.7 Å². The number of nitrogens with one attached hydrogen (secondary N) is 2. The van der Waals surface area contributed by atoms with Gasteiger partial charge in [0.1, 0.15) is 11.9 Å². The Labute approximate surface area is 110 Å². The highest BCUT2D eigenvalue weighted by atomic mass is 19.1. The van der Waals surface area contributed by atoms with E-state index < -0.39 is 11.9 Å². The maximum Gasteiger partial charge on any atom is 0.253 e. The summed E-state index contributed by atoms with van der Waals surface area (Å²) in [5.41, 5.74) is 0.593. The fraction of sp³-hybridized carbons (Fsp3) is 0.385. The number of hydrogen-bond donors (Lipinski definition) is 2. The number of carbonyl (C=O) groups is 2. The molecule has 1 aromatic rings. The van der Waals surface area contributed by atoms with E-state index in [2.05, 4.69) is 10.6 Å². The lowest BCUT2D eigenvalue weighted by atomic mass is 10.2. The van der Waals surface area contributed by atoms with Crippen LogP contribution in [0.2, 0.25) is 0 Å². The molecular weight excluding hydrogens is 251 g/mol. The van der Waals surface area contributed by atoms with E-state index in [1.54, 1.807) is 0 Å². The van der Waals surface area contributed by atoms with E-state index in [-0.39, 0.29) is 17.5 Å². The SMILES string of the molecule is CC(=O)Nc1ccc(F)cc1NC(=O)C1CCCO1. The summed E-state index contributed by atoms with van der Waals surface area (Å²) in [6.07, 6.45) is 0.976. The van der Waals surface area contributed by atoms with Crippen LogP contribution in [0.1, 0.15) is 19.8 Å². The van der Waals surface area contributed by atoms with Crippen molar-refractivity contribution in [1.82, 2.24) is 0 Å². The number of amides is 2. The van der Waals surface area contributed by atoms with Crippen molar-refractivity contribution in [2.24, 2.45) is 0 Å². The van der Waals surface area contributed by atoms with Crippen LogP contribution >= 0.6 is 0 Å². The highest BCUT2D eigenvalue weighted by Crippen LogP contribution is 2.24. The molecule has 0 spiro atoms. The maximum absolute atomic E-state index is 13.2. The van der Waals surface area contributed by atoms with E-state index in [1.165, 1.54) is 19.1 Å². The van der Waals surface area contributed by atoms with Crippen LogP contribution in [0.25, 0.3) is 0 Å². The molecule has 0 aliphatic carbocycles. The van der Waals surface area contributed by atoms with Gasteiger partial charge in [-0.15, -0.1) is 0 Å². The topological polar surface area (TPSA) is 67.4 Å². The summed E-state index contributed by atoms with van der Waals surface area (Å²) in [7, 11) is 0. The van der Waals surface area contributed by atoms with E-state index in [1.807, 2.05) is 0 Å². The van der Waals surface area contributed by atoms with Crippen LogP contribution in [0.15, 0.2) is 18.2 Å². The lowest BCUT2D eigenvalue weighted by molar-refractivity contribution is -0.124. The van der Waals surface area contributed by atoms with Gasteiger partial charge in [-0.3, -0.25) is 9.59 Å². The van der Waals surface area contributed by atoms with Crippen LogP contribution < -0.4 is 10.6 Å². The quantitative estimate of drug-likeness (QED) is 0.878. The average molecular weight is 266 g/mol. The molecule has 5 nitrogen and oxygen atoms in total. The first-order valence-corrected chi connectivity index (χ1v) is 6.06. The third kappa shape index (κ3) is 3.51. The average Bonchev–Trinajstić information content (AvgIpc) is 2.86. The van der Waals surface area contributed by atoms with Gasteiger partial charge in [0.2, 0.25) is 5.91 Å². The van der Waals surface area contributed by atoms with E-state index in [0.717, 1.165) is 12.5 Å². The van der Waals surface area contributed by atoms with E-state index >= 15 is 0 Å². The molecule has 1 aromatic carbocycles. The Hall–Kier alpha value is -1.95. The Balaban J connectivity index is 2.15. The molecule has 0 aromatic heterocycles. The summed E-state index contributed by atoms with van der Waals surface area (Å²) >= 11 is 0. The molecule has 0 radical (unpaired) electrons. The fourth-order valence-corrected chi connectivity index (χ4v) is 1.92. The van der Waals surface area contributed by atoms with Crippen molar-refractivity contribution in [3.05, 3.63) is 24.0 Å². The molecule has 2 rings (SSSR count). The monoisotopic (exact) mass is 266 g/mol. The molecule has 1 fully saturated rings. The largest absolute Gasteiger partial charge is 0.368 e. The minimum atomic E-state index is -0.506. The summed E-state index contributed by atoms with van der Waals surface area (Å²) in [4.78, 5) is 22.9. The van der Waals surface area contributed by atoms with Gasteiger partial charge in [-0.05, 0) is 31.0 Å². The van der Waals surface area contributed by atoms with Gasteiger partial charge in [-0.2, -0.15) is 0 Å². The summed E-state index contributed by atoms with van der Waals surface area (Å²) in [5.74, 6) is -1.11. The normalized spacial score (nSPS) is 18.1. The lowest BCUT2D eigenvalue weighted by Crippen LogP contribution is -2.27. The van der Waals surface area contributed by atoms with Gasteiger partial charge < -0.3 is 15.4 Å². The Morgan fingerprint density at radius 2 is 2.11 bits per heavy atom. The first kappa shape index (κ1) is 13.5. The Morgan fingerprint density at radius 1 is 1.32 bits per heavy atom. The molecule has 1 saturated heterocycles. The van der Waals surface area contributed by atoms with Crippen molar-refractivity contribution in [3.63, 3.8) is 0 Å². The minimum Gasteiger partial charge on any atom is -0.368 e. The zero-order valence-corrected chi connectivity index (χ0v) is 10.5. The molecule has 6 heteroatoms. The van der Waals surface area contributed by atoms with Gasteiger partial charge in [0.05, 0.1) is 11.4 Å². The number of anilines is 2. The lowest BCUT2D eigenvalue weighted by Gasteiger charge is -2.14. The van der Waals surface area contributed by atoms with Gasteiger partial charge in [0.25, 0.3) is 5.91 Å². The van der Waals surface area contributed by atoms with Gasteiger partial charge in [0, 0.05) is 13.5 Å². The fourth-order valence-electron chi connectivity index (χ4n) is 1.92. The predicted molar refractivity (Wildman–Crippen MR) is 68.3 cm³/mol. The van der Waals surface area contributed by atoms with Crippen LogP contribution in [-0.4, -0.2) is 24.5 Å². The van der Waals surface area contributed by atoms with Crippen LogP contribution in [0, 0.1) is 5.82 Å². The molecule has 0 saturated carbocycles. The Bertz CT molecular complexity index is 499. The van der Waals surface area contributed by atoms with Crippen molar-refractivity contribution < 1.29 is 18.7 Å². The Kier molecular flexibility index (Phi) is 4.11. The minimum absolute atomic E-state index is 0.232. The molecule has 1 aliphatic rings. The first-order valence-electron chi connectivity index (χ1n) is 6.06. The van der Waals surface area contributed by atoms with Gasteiger partial charge in [0.15, 0.2) is 0 Å². The van der Waals surface area contributed by atoms with Gasteiger partial charge in [-0.1, -0.05) is 0 Å². The highest BCUT2D eigenvalue weighted by Gasteiger charge is 2.24. The highest BCUT2D eigenvalue weighted by molar-refractivity contribution is 6.00. The predicted octanol–water partition coefficient (Wildman–Crippen LogP) is 1.90. The zero-order chi connectivity index (χ0) is 13.8. The summed E-state index contributed by atoms with van der Waals surface area (Å²) in [6.45, 7) is 1.90. The third-order valence-corrected chi connectivity index (χ3v) is 2.77.